The molecule has 0 aliphatic rings. The molecule has 0 radical (unpaired) electrons. The van der Waals surface area contributed by atoms with Gasteiger partial charge in [-0.3, -0.25) is 14.9 Å². The predicted octanol–water partition coefficient (Wildman–Crippen LogP) is 2.54. The number of hydrogen-bond acceptors (Lipinski definition) is 6. The smallest absolute Gasteiger partial charge is 0.295 e. The summed E-state index contributed by atoms with van der Waals surface area (Å²) < 4.78 is 1.02. The van der Waals surface area contributed by atoms with Gasteiger partial charge >= 0.3 is 0 Å². The van der Waals surface area contributed by atoms with E-state index in [4.69, 9.17) is 16.4 Å². The van der Waals surface area contributed by atoms with E-state index in [2.05, 4.69) is 15.5 Å². The molecule has 0 bridgehead atoms. The fourth-order valence-electron chi connectivity index (χ4n) is 2.03. The summed E-state index contributed by atoms with van der Waals surface area (Å²) in [5.41, 5.74) is 0.184. The Kier molecular flexibility index (Phi) is 5.11. The topological polar surface area (TPSA) is 86.1 Å². The lowest BCUT2D eigenvalue weighted by Crippen LogP contribution is -2.32. The molecule has 0 aliphatic carbocycles. The van der Waals surface area contributed by atoms with Crippen molar-refractivity contribution in [3.63, 3.8) is 0 Å². The lowest BCUT2D eigenvalue weighted by molar-refractivity contribution is 0.0863. The number of rotatable bonds is 5. The van der Waals surface area contributed by atoms with E-state index in [1.807, 2.05) is 6.07 Å². The largest absolute Gasteiger partial charge is 0.406 e. The Morgan fingerprint density at radius 2 is 2.16 bits per heavy atom. The average Bonchev–Trinajstić information content (AvgIpc) is 2.99. The first-order valence-corrected chi connectivity index (χ1v) is 8.43. The molecule has 7 nitrogen and oxygen atoms in total. The van der Waals surface area contributed by atoms with Crippen molar-refractivity contribution in [3.8, 4) is 0 Å². The summed E-state index contributed by atoms with van der Waals surface area (Å²) in [6, 6.07) is 10.1. The number of carbonyl (C=O) groups excluding carboxylic acids is 1. The maximum Gasteiger partial charge on any atom is 0.295 e. The van der Waals surface area contributed by atoms with E-state index < -0.39 is 11.5 Å². The van der Waals surface area contributed by atoms with Gasteiger partial charge in [0.05, 0.1) is 0 Å². The standard InChI is InChI=1S/C16H13ClN4O3S/c1-10-19-20-16(25-10)18-14(22)13-6-3-7-21(15(13)23)24-9-11-4-2-5-12(17)8-11/h2-8H,9H2,1H3,(H,18,20,22). The van der Waals surface area contributed by atoms with E-state index in [0.717, 1.165) is 10.3 Å². The van der Waals surface area contributed by atoms with Crippen molar-refractivity contribution >= 4 is 34.0 Å². The molecule has 3 rings (SSSR count). The first-order valence-electron chi connectivity index (χ1n) is 7.24. The lowest BCUT2D eigenvalue weighted by atomic mass is 10.2. The fraction of sp³-hybridized carbons (Fsp3) is 0.125. The molecule has 2 aromatic heterocycles. The van der Waals surface area contributed by atoms with E-state index in [9.17, 15) is 9.59 Å². The van der Waals surface area contributed by atoms with Crippen molar-refractivity contribution in [2.24, 2.45) is 0 Å². The number of nitrogens with zero attached hydrogens (tertiary/aromatic N) is 3. The zero-order valence-electron chi connectivity index (χ0n) is 13.1. The van der Waals surface area contributed by atoms with Crippen molar-refractivity contribution in [1.82, 2.24) is 14.9 Å². The van der Waals surface area contributed by atoms with Gasteiger partial charge in [-0.05, 0) is 36.8 Å². The van der Waals surface area contributed by atoms with Crippen LogP contribution in [0.2, 0.25) is 5.02 Å². The van der Waals surface area contributed by atoms with Crippen molar-refractivity contribution in [2.75, 3.05) is 5.32 Å². The highest BCUT2D eigenvalue weighted by Crippen LogP contribution is 2.14. The Morgan fingerprint density at radius 1 is 1.32 bits per heavy atom. The highest BCUT2D eigenvalue weighted by atomic mass is 35.5. The summed E-state index contributed by atoms with van der Waals surface area (Å²) in [6.07, 6.45) is 1.44. The van der Waals surface area contributed by atoms with Crippen molar-refractivity contribution in [3.05, 3.63) is 74.1 Å². The van der Waals surface area contributed by atoms with E-state index in [-0.39, 0.29) is 12.2 Å². The van der Waals surface area contributed by atoms with Crippen LogP contribution in [0.25, 0.3) is 0 Å². The monoisotopic (exact) mass is 376 g/mol. The first kappa shape index (κ1) is 17.1. The molecule has 1 aromatic carbocycles. The summed E-state index contributed by atoms with van der Waals surface area (Å²) in [6.45, 7) is 1.91. The molecular formula is C16H13ClN4O3S. The van der Waals surface area contributed by atoms with Crippen LogP contribution in [0.3, 0.4) is 0 Å². The van der Waals surface area contributed by atoms with Crippen LogP contribution in [-0.2, 0) is 6.61 Å². The maximum atomic E-state index is 12.4. The predicted molar refractivity (Wildman–Crippen MR) is 95.0 cm³/mol. The second-order valence-electron chi connectivity index (χ2n) is 5.04. The molecule has 0 unspecified atom stereocenters. The van der Waals surface area contributed by atoms with E-state index in [1.165, 1.54) is 23.6 Å². The zero-order chi connectivity index (χ0) is 17.8. The second-order valence-corrected chi connectivity index (χ2v) is 6.65. The van der Waals surface area contributed by atoms with Gasteiger partial charge in [-0.25, -0.2) is 0 Å². The van der Waals surface area contributed by atoms with Crippen molar-refractivity contribution in [2.45, 2.75) is 13.5 Å². The highest BCUT2D eigenvalue weighted by molar-refractivity contribution is 7.15. The number of benzene rings is 1. The minimum absolute atomic E-state index is 0.0542. The van der Waals surface area contributed by atoms with Gasteiger partial charge in [-0.15, -0.1) is 10.2 Å². The molecule has 128 valence electrons. The molecule has 0 fully saturated rings. The van der Waals surface area contributed by atoms with Crippen LogP contribution in [-0.4, -0.2) is 20.8 Å². The molecule has 25 heavy (non-hydrogen) atoms. The van der Waals surface area contributed by atoms with Crippen LogP contribution in [0.1, 0.15) is 20.9 Å². The Balaban J connectivity index is 1.75. The average molecular weight is 377 g/mol. The summed E-state index contributed by atoms with van der Waals surface area (Å²) in [5, 5.41) is 11.8. The van der Waals surface area contributed by atoms with Gasteiger partial charge in [0.25, 0.3) is 11.5 Å². The van der Waals surface area contributed by atoms with Gasteiger partial charge in [-0.2, -0.15) is 4.73 Å². The van der Waals surface area contributed by atoms with E-state index >= 15 is 0 Å². The lowest BCUT2D eigenvalue weighted by Gasteiger charge is -2.09. The molecule has 0 saturated carbocycles. The van der Waals surface area contributed by atoms with Gasteiger partial charge in [0.2, 0.25) is 5.13 Å². The number of anilines is 1. The number of hydrogen-bond donors (Lipinski definition) is 1. The third-order valence-electron chi connectivity index (χ3n) is 3.17. The van der Waals surface area contributed by atoms with E-state index in [1.54, 1.807) is 31.2 Å². The summed E-state index contributed by atoms with van der Waals surface area (Å²) >= 11 is 7.14. The number of carbonyl (C=O) groups is 1. The second kappa shape index (κ2) is 7.45. The number of aryl methyl sites for hydroxylation is 1. The molecule has 1 amide bonds. The van der Waals surface area contributed by atoms with Crippen LogP contribution in [0.4, 0.5) is 5.13 Å². The number of nitrogens with one attached hydrogen (secondary N) is 1. The van der Waals surface area contributed by atoms with Gasteiger partial charge in [0.15, 0.2) is 0 Å². The number of aromatic nitrogens is 3. The summed E-state index contributed by atoms with van der Waals surface area (Å²) in [5.74, 6) is -0.568. The minimum atomic E-state index is -0.568. The fourth-order valence-corrected chi connectivity index (χ4v) is 2.83. The zero-order valence-corrected chi connectivity index (χ0v) is 14.7. The molecule has 3 aromatic rings. The quantitative estimate of drug-likeness (QED) is 0.739. The third kappa shape index (κ3) is 4.23. The Labute approximate surface area is 151 Å². The summed E-state index contributed by atoms with van der Waals surface area (Å²) in [4.78, 5) is 30.1. The van der Waals surface area contributed by atoms with Gasteiger partial charge in [0, 0.05) is 11.2 Å². The third-order valence-corrected chi connectivity index (χ3v) is 4.15. The van der Waals surface area contributed by atoms with Crippen LogP contribution in [0.15, 0.2) is 47.4 Å². The van der Waals surface area contributed by atoms with Crippen molar-refractivity contribution in [1.29, 1.82) is 0 Å². The number of pyridine rings is 1. The van der Waals surface area contributed by atoms with Gasteiger partial charge < -0.3 is 4.84 Å². The molecule has 0 saturated heterocycles. The molecule has 0 atom stereocenters. The Bertz CT molecular complexity index is 970. The molecular weight excluding hydrogens is 364 g/mol. The molecule has 0 aliphatic heterocycles. The Hall–Kier alpha value is -2.71. The van der Waals surface area contributed by atoms with Gasteiger partial charge in [0.1, 0.15) is 17.2 Å². The molecule has 0 spiro atoms. The SMILES string of the molecule is Cc1nnc(NC(=O)c2cccn(OCc3cccc(Cl)c3)c2=O)s1. The molecule has 2 heterocycles. The van der Waals surface area contributed by atoms with Crippen LogP contribution >= 0.6 is 22.9 Å². The highest BCUT2D eigenvalue weighted by Gasteiger charge is 2.14. The van der Waals surface area contributed by atoms with Crippen molar-refractivity contribution < 1.29 is 9.63 Å². The van der Waals surface area contributed by atoms with Crippen LogP contribution in [0.5, 0.6) is 0 Å². The minimum Gasteiger partial charge on any atom is -0.406 e. The van der Waals surface area contributed by atoms with Gasteiger partial charge in [-0.1, -0.05) is 35.1 Å². The first-order chi connectivity index (χ1) is 12.0. The number of amides is 1. The van der Waals surface area contributed by atoms with Crippen LogP contribution in [0, 0.1) is 6.92 Å². The molecule has 9 heteroatoms. The Morgan fingerprint density at radius 3 is 2.88 bits per heavy atom. The number of halogens is 1. The maximum absolute atomic E-state index is 12.4. The summed E-state index contributed by atoms with van der Waals surface area (Å²) in [7, 11) is 0. The van der Waals surface area contributed by atoms with Crippen LogP contribution < -0.4 is 15.7 Å². The van der Waals surface area contributed by atoms with E-state index in [0.29, 0.717) is 15.2 Å². The normalized spacial score (nSPS) is 10.5. The molecule has 1 N–H and O–H groups in total.